The fourth-order valence-corrected chi connectivity index (χ4v) is 6.65. The molecule has 0 fully saturated rings. The summed E-state index contributed by atoms with van der Waals surface area (Å²) in [5.74, 6) is -4.48. The lowest BCUT2D eigenvalue weighted by Crippen LogP contribution is -2.38. The van der Waals surface area contributed by atoms with Gasteiger partial charge in [0.2, 0.25) is 0 Å². The summed E-state index contributed by atoms with van der Waals surface area (Å²) in [6.45, 7) is 1.36. The van der Waals surface area contributed by atoms with E-state index >= 15 is 0 Å². The second kappa shape index (κ2) is 13.0. The number of hydrogen-bond acceptors (Lipinski definition) is 14. The molecule has 226 valence electrons. The SMILES string of the molecule is C[C@H](SCCO)c1c(O)cc(O)c2c1O[C@H](c1ccc(O)c(O)c1)[C@H](OC(=O)c1cc(O)c(O)c(O)c1)[C@H]2SCCO. The van der Waals surface area contributed by atoms with Gasteiger partial charge in [0.15, 0.2) is 41.0 Å². The van der Waals surface area contributed by atoms with Crippen LogP contribution >= 0.6 is 23.5 Å². The van der Waals surface area contributed by atoms with E-state index in [9.17, 15) is 50.8 Å². The van der Waals surface area contributed by atoms with Crippen molar-refractivity contribution in [3.8, 4) is 46.0 Å². The first-order chi connectivity index (χ1) is 20.0. The normalized spacial score (nSPS) is 18.6. The van der Waals surface area contributed by atoms with Crippen molar-refractivity contribution in [3.63, 3.8) is 0 Å². The Hall–Kier alpha value is -3.85. The number of esters is 1. The van der Waals surface area contributed by atoms with Crippen LogP contribution in [0.1, 0.15) is 50.6 Å². The van der Waals surface area contributed by atoms with Crippen LogP contribution in [0, 0.1) is 0 Å². The number of hydrogen-bond donors (Lipinski definition) is 9. The van der Waals surface area contributed by atoms with Crippen LogP contribution in [0.25, 0.3) is 0 Å². The average molecular weight is 623 g/mol. The molecule has 0 radical (unpaired) electrons. The predicted molar refractivity (Wildman–Crippen MR) is 154 cm³/mol. The van der Waals surface area contributed by atoms with E-state index in [1.165, 1.54) is 30.0 Å². The smallest absolute Gasteiger partial charge is 0.338 e. The van der Waals surface area contributed by atoms with Gasteiger partial charge in [-0.05, 0) is 31.2 Å². The lowest BCUT2D eigenvalue weighted by molar-refractivity contribution is -0.0207. The van der Waals surface area contributed by atoms with Gasteiger partial charge in [-0.25, -0.2) is 4.79 Å². The molecular formula is C28H30O12S2. The molecule has 0 saturated heterocycles. The Morgan fingerprint density at radius 3 is 2.14 bits per heavy atom. The van der Waals surface area contributed by atoms with Crippen LogP contribution in [0.15, 0.2) is 36.4 Å². The second-order valence-corrected chi connectivity index (χ2v) is 12.0. The quantitative estimate of drug-likeness (QED) is 0.117. The molecule has 4 atom stereocenters. The van der Waals surface area contributed by atoms with Crippen LogP contribution in [0.5, 0.6) is 46.0 Å². The third-order valence-corrected chi connectivity index (χ3v) is 9.01. The summed E-state index contributed by atoms with van der Waals surface area (Å²) in [5, 5.41) is 89.2. The zero-order valence-corrected chi connectivity index (χ0v) is 23.8. The Kier molecular flexibility index (Phi) is 9.61. The fourth-order valence-electron chi connectivity index (χ4n) is 4.66. The van der Waals surface area contributed by atoms with Crippen LogP contribution in [-0.2, 0) is 4.74 Å². The van der Waals surface area contributed by atoms with E-state index in [0.717, 1.165) is 30.0 Å². The molecule has 3 aromatic carbocycles. The van der Waals surface area contributed by atoms with Gasteiger partial charge in [-0.3, -0.25) is 0 Å². The minimum absolute atomic E-state index is 0.0747. The van der Waals surface area contributed by atoms with Gasteiger partial charge in [0.25, 0.3) is 0 Å². The summed E-state index contributed by atoms with van der Waals surface area (Å²) in [4.78, 5) is 13.3. The summed E-state index contributed by atoms with van der Waals surface area (Å²) in [7, 11) is 0. The largest absolute Gasteiger partial charge is 0.507 e. The maximum Gasteiger partial charge on any atom is 0.338 e. The Labute approximate surface area is 248 Å². The van der Waals surface area contributed by atoms with E-state index in [1.54, 1.807) is 6.92 Å². The Morgan fingerprint density at radius 1 is 0.857 bits per heavy atom. The average Bonchev–Trinajstić information content (AvgIpc) is 2.94. The molecule has 12 nitrogen and oxygen atoms in total. The second-order valence-electron chi connectivity index (χ2n) is 9.34. The zero-order chi connectivity index (χ0) is 30.7. The van der Waals surface area contributed by atoms with Crippen LogP contribution in [0.3, 0.4) is 0 Å². The number of carbonyl (C=O) groups excluding carboxylic acids is 1. The van der Waals surface area contributed by atoms with Gasteiger partial charge in [-0.1, -0.05) is 6.07 Å². The highest BCUT2D eigenvalue weighted by atomic mass is 32.2. The number of thioether (sulfide) groups is 2. The first kappa shape index (κ1) is 31.1. The number of aromatic hydroxyl groups is 7. The number of carbonyl (C=O) groups is 1. The first-order valence-electron chi connectivity index (χ1n) is 12.7. The molecule has 1 aliphatic heterocycles. The highest BCUT2D eigenvalue weighted by Gasteiger charge is 2.46. The van der Waals surface area contributed by atoms with Crippen molar-refractivity contribution in [2.75, 3.05) is 24.7 Å². The van der Waals surface area contributed by atoms with Gasteiger partial charge in [0, 0.05) is 33.9 Å². The molecule has 4 rings (SSSR count). The highest BCUT2D eigenvalue weighted by Crippen LogP contribution is 2.57. The maximum absolute atomic E-state index is 13.3. The molecule has 1 aliphatic rings. The maximum atomic E-state index is 13.3. The number of aliphatic hydroxyl groups excluding tert-OH is 2. The van der Waals surface area contributed by atoms with E-state index in [0.29, 0.717) is 11.3 Å². The lowest BCUT2D eigenvalue weighted by atomic mass is 9.90. The Morgan fingerprint density at radius 2 is 1.52 bits per heavy atom. The molecule has 0 aromatic heterocycles. The molecule has 0 aliphatic carbocycles. The number of benzene rings is 3. The molecule has 0 saturated carbocycles. The van der Waals surface area contributed by atoms with Crippen molar-refractivity contribution < 1.29 is 60.2 Å². The number of phenolic OH excluding ortho intramolecular Hbond substituents is 7. The van der Waals surface area contributed by atoms with E-state index in [4.69, 9.17) is 9.47 Å². The van der Waals surface area contributed by atoms with Crippen LogP contribution in [0.4, 0.5) is 0 Å². The van der Waals surface area contributed by atoms with Crippen molar-refractivity contribution in [2.45, 2.75) is 29.6 Å². The molecule has 0 bridgehead atoms. The van der Waals surface area contributed by atoms with E-state index in [1.807, 2.05) is 0 Å². The minimum Gasteiger partial charge on any atom is -0.507 e. The highest BCUT2D eigenvalue weighted by molar-refractivity contribution is 7.99. The summed E-state index contributed by atoms with van der Waals surface area (Å²) in [6.07, 6.45) is -2.49. The summed E-state index contributed by atoms with van der Waals surface area (Å²) in [5.41, 5.74) is 0.369. The fraction of sp³-hybridized carbons (Fsp3) is 0.321. The number of rotatable bonds is 10. The molecule has 42 heavy (non-hydrogen) atoms. The van der Waals surface area contributed by atoms with Gasteiger partial charge >= 0.3 is 5.97 Å². The summed E-state index contributed by atoms with van der Waals surface area (Å²) >= 11 is 2.42. The van der Waals surface area contributed by atoms with Crippen molar-refractivity contribution in [1.82, 2.24) is 0 Å². The van der Waals surface area contributed by atoms with Crippen molar-refractivity contribution in [3.05, 3.63) is 58.7 Å². The van der Waals surface area contributed by atoms with Crippen molar-refractivity contribution >= 4 is 29.5 Å². The van der Waals surface area contributed by atoms with Gasteiger partial charge in [-0.2, -0.15) is 11.8 Å². The van der Waals surface area contributed by atoms with Gasteiger partial charge in [0.1, 0.15) is 17.2 Å². The molecule has 0 amide bonds. The number of aliphatic hydroxyl groups is 2. The number of fused-ring (bicyclic) bond motifs is 1. The molecule has 14 heteroatoms. The van der Waals surface area contributed by atoms with Crippen molar-refractivity contribution in [2.24, 2.45) is 0 Å². The molecule has 9 N–H and O–H groups in total. The van der Waals surface area contributed by atoms with E-state index < -0.39 is 57.4 Å². The molecule has 1 heterocycles. The zero-order valence-electron chi connectivity index (χ0n) is 22.2. The third kappa shape index (κ3) is 6.16. The predicted octanol–water partition coefficient (Wildman–Crippen LogP) is 3.54. The lowest BCUT2D eigenvalue weighted by Gasteiger charge is -2.40. The van der Waals surface area contributed by atoms with Crippen LogP contribution in [-0.4, -0.2) is 82.8 Å². The Bertz CT molecular complexity index is 1440. The number of phenols is 7. The molecule has 0 spiro atoms. The van der Waals surface area contributed by atoms with Crippen molar-refractivity contribution in [1.29, 1.82) is 0 Å². The van der Waals surface area contributed by atoms with E-state index in [-0.39, 0.29) is 52.9 Å². The Balaban J connectivity index is 1.91. The van der Waals surface area contributed by atoms with Gasteiger partial charge < -0.3 is 55.4 Å². The van der Waals surface area contributed by atoms with Crippen LogP contribution < -0.4 is 4.74 Å². The monoisotopic (exact) mass is 622 g/mol. The molecular weight excluding hydrogens is 592 g/mol. The number of ether oxygens (including phenoxy) is 2. The summed E-state index contributed by atoms with van der Waals surface area (Å²) < 4.78 is 12.2. The minimum atomic E-state index is -1.28. The van der Waals surface area contributed by atoms with Crippen LogP contribution in [0.2, 0.25) is 0 Å². The van der Waals surface area contributed by atoms with Gasteiger partial charge in [-0.15, -0.1) is 11.8 Å². The third-order valence-electron chi connectivity index (χ3n) is 6.57. The molecule has 0 unspecified atom stereocenters. The first-order valence-corrected chi connectivity index (χ1v) is 14.8. The summed E-state index contributed by atoms with van der Waals surface area (Å²) in [6, 6.07) is 6.73. The molecule has 3 aromatic rings. The standard InChI is InChI=1S/C28H30O12S2/c1-12(41-6-4-29)21-17(33)11-18(34)22-25(21)39-24(13-2-3-15(31)16(32)8-13)26(27(22)42-7-5-30)40-28(38)14-9-19(35)23(37)20(36)10-14/h2-3,8-12,24,26-27,29-37H,4-7H2,1H3/t12-,24+,26-,27-/m0/s1. The topological polar surface area (TPSA) is 218 Å². The van der Waals surface area contributed by atoms with Gasteiger partial charge in [0.05, 0.1) is 29.6 Å². The van der Waals surface area contributed by atoms with E-state index in [2.05, 4.69) is 0 Å².